The lowest BCUT2D eigenvalue weighted by atomic mass is 10.1. The van der Waals surface area contributed by atoms with Crippen molar-refractivity contribution in [3.05, 3.63) is 47.0 Å². The first kappa shape index (κ1) is 21.4. The molecule has 0 spiro atoms. The lowest BCUT2D eigenvalue weighted by Crippen LogP contribution is -2.35. The van der Waals surface area contributed by atoms with Gasteiger partial charge in [-0.05, 0) is 44.4 Å². The molecule has 2 aromatic heterocycles. The molecule has 0 saturated carbocycles. The second kappa shape index (κ2) is 9.09. The lowest BCUT2D eigenvalue weighted by Gasteiger charge is -2.24. The fourth-order valence-electron chi connectivity index (χ4n) is 4.52. The lowest BCUT2D eigenvalue weighted by molar-refractivity contribution is 0.0683. The van der Waals surface area contributed by atoms with E-state index in [4.69, 9.17) is 9.47 Å². The van der Waals surface area contributed by atoms with E-state index >= 15 is 0 Å². The number of carbonyl (C=O) groups is 2. The van der Waals surface area contributed by atoms with Gasteiger partial charge in [0.25, 0.3) is 11.8 Å². The van der Waals surface area contributed by atoms with Gasteiger partial charge < -0.3 is 24.3 Å². The number of fused-ring (bicyclic) bond motifs is 1. The topological polar surface area (TPSA) is 85.7 Å². The number of hydrogen-bond acceptors (Lipinski definition) is 5. The zero-order chi connectivity index (χ0) is 22.0. The zero-order valence-corrected chi connectivity index (χ0v) is 18.4. The molecular formula is C23H30N4O4. The summed E-state index contributed by atoms with van der Waals surface area (Å²) < 4.78 is 13.0. The first-order valence-corrected chi connectivity index (χ1v) is 11.0. The van der Waals surface area contributed by atoms with Crippen LogP contribution in [0.2, 0.25) is 0 Å². The Balaban J connectivity index is 1.63. The predicted molar refractivity (Wildman–Crippen MR) is 115 cm³/mol. The number of nitrogens with zero attached hydrogens (tertiary/aromatic N) is 3. The van der Waals surface area contributed by atoms with Crippen LogP contribution in [-0.4, -0.2) is 52.6 Å². The molecule has 2 aromatic rings. The Morgan fingerprint density at radius 1 is 1.39 bits per heavy atom. The summed E-state index contributed by atoms with van der Waals surface area (Å²) in [6.07, 6.45) is 4.37. The van der Waals surface area contributed by atoms with Crippen molar-refractivity contribution in [3.63, 3.8) is 0 Å². The number of hydrogen-bond donors (Lipinski definition) is 1. The zero-order valence-electron chi connectivity index (χ0n) is 18.4. The van der Waals surface area contributed by atoms with Gasteiger partial charge in [-0.1, -0.05) is 6.92 Å². The maximum absolute atomic E-state index is 13.3. The van der Waals surface area contributed by atoms with E-state index in [2.05, 4.69) is 17.2 Å². The van der Waals surface area contributed by atoms with Gasteiger partial charge in [-0.15, -0.1) is 0 Å². The second-order valence-corrected chi connectivity index (χ2v) is 8.11. The average molecular weight is 427 g/mol. The summed E-state index contributed by atoms with van der Waals surface area (Å²) in [5, 5.41) is 3.08. The van der Waals surface area contributed by atoms with Crippen LogP contribution in [0.15, 0.2) is 24.4 Å². The predicted octanol–water partition coefficient (Wildman–Crippen LogP) is 2.93. The number of ether oxygens (including phenoxy) is 2. The molecular weight excluding hydrogens is 396 g/mol. The van der Waals surface area contributed by atoms with Gasteiger partial charge in [-0.25, -0.2) is 0 Å². The molecule has 0 aromatic carbocycles. The molecule has 0 bridgehead atoms. The molecule has 8 nitrogen and oxygen atoms in total. The van der Waals surface area contributed by atoms with Gasteiger partial charge >= 0.3 is 0 Å². The molecule has 166 valence electrons. The summed E-state index contributed by atoms with van der Waals surface area (Å²) in [6, 6.07) is 5.28. The van der Waals surface area contributed by atoms with Crippen molar-refractivity contribution in [3.8, 4) is 5.75 Å². The molecule has 0 aliphatic carbocycles. The van der Waals surface area contributed by atoms with Crippen molar-refractivity contribution in [1.29, 1.82) is 0 Å². The molecule has 4 rings (SSSR count). The van der Waals surface area contributed by atoms with Crippen molar-refractivity contribution < 1.29 is 19.1 Å². The van der Waals surface area contributed by atoms with E-state index in [9.17, 15) is 9.59 Å². The minimum Gasteiger partial charge on any atom is -0.495 e. The Morgan fingerprint density at radius 2 is 2.23 bits per heavy atom. The number of nitrogens with one attached hydrogen (secondary N) is 1. The largest absolute Gasteiger partial charge is 0.495 e. The molecule has 2 amide bonds. The smallest absolute Gasteiger partial charge is 0.270 e. The summed E-state index contributed by atoms with van der Waals surface area (Å²) in [6.45, 7) is 6.23. The molecule has 2 atom stereocenters. The van der Waals surface area contributed by atoms with E-state index in [1.807, 2.05) is 22.5 Å². The Morgan fingerprint density at radius 3 is 2.94 bits per heavy atom. The van der Waals surface area contributed by atoms with Crippen LogP contribution in [0, 0.1) is 0 Å². The summed E-state index contributed by atoms with van der Waals surface area (Å²) >= 11 is 0. The van der Waals surface area contributed by atoms with Crippen molar-refractivity contribution in [2.45, 2.75) is 58.3 Å². The maximum Gasteiger partial charge on any atom is 0.270 e. The fraction of sp³-hybridized carbons (Fsp3) is 0.522. The molecule has 4 heterocycles. The number of methoxy groups -OCH3 is 1. The Hall–Kier alpha value is -2.87. The third kappa shape index (κ3) is 4.04. The van der Waals surface area contributed by atoms with E-state index in [1.54, 1.807) is 25.4 Å². The van der Waals surface area contributed by atoms with Gasteiger partial charge in [-0.3, -0.25) is 14.6 Å². The normalized spacial score (nSPS) is 19.1. The molecule has 1 N–H and O–H groups in total. The third-order valence-corrected chi connectivity index (χ3v) is 6.25. The van der Waals surface area contributed by atoms with Gasteiger partial charge in [0.05, 0.1) is 37.6 Å². The fourth-order valence-corrected chi connectivity index (χ4v) is 4.52. The SMILES string of the molecule is CCC(NC(=O)c1cc(C(=O)N2CCCC2C)n2c1COCC2)c1ncccc1OC. The summed E-state index contributed by atoms with van der Waals surface area (Å²) in [4.78, 5) is 32.9. The molecule has 0 radical (unpaired) electrons. The highest BCUT2D eigenvalue weighted by Crippen LogP contribution is 2.28. The monoisotopic (exact) mass is 426 g/mol. The van der Waals surface area contributed by atoms with Crippen molar-refractivity contribution in [2.75, 3.05) is 20.3 Å². The molecule has 1 saturated heterocycles. The number of likely N-dealkylation sites (tertiary alicyclic amines) is 1. The van der Waals surface area contributed by atoms with Crippen LogP contribution in [0.5, 0.6) is 5.75 Å². The Labute approximate surface area is 182 Å². The van der Waals surface area contributed by atoms with E-state index in [0.717, 1.165) is 25.1 Å². The highest BCUT2D eigenvalue weighted by Gasteiger charge is 2.32. The van der Waals surface area contributed by atoms with Crippen LogP contribution >= 0.6 is 0 Å². The van der Waals surface area contributed by atoms with E-state index in [1.165, 1.54) is 0 Å². The highest BCUT2D eigenvalue weighted by atomic mass is 16.5. The quantitative estimate of drug-likeness (QED) is 0.768. The summed E-state index contributed by atoms with van der Waals surface area (Å²) in [7, 11) is 1.59. The number of aromatic nitrogens is 2. The number of pyridine rings is 1. The minimum atomic E-state index is -0.304. The van der Waals surface area contributed by atoms with Crippen molar-refractivity contribution in [1.82, 2.24) is 19.8 Å². The average Bonchev–Trinajstić information content (AvgIpc) is 3.40. The minimum absolute atomic E-state index is 0.00867. The van der Waals surface area contributed by atoms with Crippen LogP contribution in [0.4, 0.5) is 0 Å². The van der Waals surface area contributed by atoms with Gasteiger partial charge in [0.15, 0.2) is 0 Å². The molecule has 31 heavy (non-hydrogen) atoms. The van der Waals surface area contributed by atoms with Crippen LogP contribution in [0.3, 0.4) is 0 Å². The maximum atomic E-state index is 13.3. The van der Waals surface area contributed by atoms with Gasteiger partial charge in [-0.2, -0.15) is 0 Å². The van der Waals surface area contributed by atoms with Crippen molar-refractivity contribution in [2.24, 2.45) is 0 Å². The Bertz CT molecular complexity index is 970. The first-order chi connectivity index (χ1) is 15.0. The third-order valence-electron chi connectivity index (χ3n) is 6.25. The van der Waals surface area contributed by atoms with Gasteiger partial charge in [0.2, 0.25) is 0 Å². The summed E-state index contributed by atoms with van der Waals surface area (Å²) in [5.74, 6) is 0.392. The van der Waals surface area contributed by atoms with Gasteiger partial charge in [0.1, 0.15) is 17.1 Å². The van der Waals surface area contributed by atoms with Crippen LogP contribution in [0.25, 0.3) is 0 Å². The van der Waals surface area contributed by atoms with Crippen molar-refractivity contribution >= 4 is 11.8 Å². The van der Waals surface area contributed by atoms with Crippen LogP contribution in [0.1, 0.15) is 71.4 Å². The van der Waals surface area contributed by atoms with Crippen LogP contribution < -0.4 is 10.1 Å². The molecule has 1 fully saturated rings. The van der Waals surface area contributed by atoms with E-state index in [-0.39, 0.29) is 23.9 Å². The number of amides is 2. The highest BCUT2D eigenvalue weighted by molar-refractivity contribution is 6.01. The Kier molecular flexibility index (Phi) is 6.27. The van der Waals surface area contributed by atoms with Gasteiger partial charge in [0, 0.05) is 25.3 Å². The molecule has 2 aliphatic rings. The molecule has 8 heteroatoms. The first-order valence-electron chi connectivity index (χ1n) is 11.0. The molecule has 2 unspecified atom stereocenters. The summed E-state index contributed by atoms with van der Waals surface area (Å²) in [5.41, 5.74) is 2.50. The molecule has 2 aliphatic heterocycles. The number of carbonyl (C=O) groups excluding carboxylic acids is 2. The van der Waals surface area contributed by atoms with E-state index < -0.39 is 0 Å². The standard InChI is InChI=1S/C23H30N4O4/c1-4-17(21-20(30-3)8-5-9-24-21)25-22(28)16-13-18(27-11-12-31-14-19(16)27)23(29)26-10-6-7-15(26)2/h5,8-9,13,15,17H,4,6-7,10-12,14H2,1-3H3,(H,25,28). The second-order valence-electron chi connectivity index (χ2n) is 8.11. The van der Waals surface area contributed by atoms with Crippen LogP contribution in [-0.2, 0) is 17.9 Å². The number of rotatable bonds is 6. The van der Waals surface area contributed by atoms with E-state index in [0.29, 0.717) is 48.9 Å².